The molecular formula is C47H57N7O9. The third-order valence-corrected chi connectivity index (χ3v) is 15.9. The molecule has 4 saturated heterocycles. The Morgan fingerprint density at radius 3 is 1.81 bits per heavy atom. The highest BCUT2D eigenvalue weighted by molar-refractivity contribution is 5.99. The molecule has 6 N–H and O–H groups in total. The summed E-state index contributed by atoms with van der Waals surface area (Å²) in [5, 5.41) is 20.8. The number of amides is 6. The summed E-state index contributed by atoms with van der Waals surface area (Å²) in [6, 6.07) is 13.0. The van der Waals surface area contributed by atoms with Crippen LogP contribution in [-0.2, 0) is 30.3 Å². The van der Waals surface area contributed by atoms with Gasteiger partial charge in [-0.25, -0.2) is 14.6 Å². The van der Waals surface area contributed by atoms with E-state index in [9.17, 15) is 34.2 Å². The van der Waals surface area contributed by atoms with E-state index in [0.29, 0.717) is 66.5 Å². The first-order valence-corrected chi connectivity index (χ1v) is 22.0. The van der Waals surface area contributed by atoms with Gasteiger partial charge in [0, 0.05) is 30.3 Å². The van der Waals surface area contributed by atoms with Crippen LogP contribution in [0.5, 0.6) is 0 Å². The molecule has 16 nitrogen and oxygen atoms in total. The fraction of sp³-hybridized carbons (Fsp3) is 0.553. The van der Waals surface area contributed by atoms with Crippen molar-refractivity contribution in [2.24, 2.45) is 34.1 Å². The van der Waals surface area contributed by atoms with Gasteiger partial charge < -0.3 is 35.9 Å². The van der Waals surface area contributed by atoms with Gasteiger partial charge in [-0.15, -0.1) is 0 Å². The highest BCUT2D eigenvalue weighted by Gasteiger charge is 2.80. The van der Waals surface area contributed by atoms with E-state index in [1.54, 1.807) is 59.6 Å². The topological polar surface area (TPSA) is 234 Å². The maximum Gasteiger partial charge on any atom is 0.408 e. The molecule has 0 radical (unpaired) electrons. The molecule has 0 unspecified atom stereocenters. The minimum absolute atomic E-state index is 0.00541. The maximum atomic E-state index is 15.3. The van der Waals surface area contributed by atoms with E-state index in [4.69, 9.17) is 15.9 Å². The third kappa shape index (κ3) is 5.73. The number of nitrogens with zero attached hydrogens (tertiary/aromatic N) is 5. The first-order valence-electron chi connectivity index (χ1n) is 22.0. The molecule has 8 atom stereocenters. The molecule has 63 heavy (non-hydrogen) atoms. The van der Waals surface area contributed by atoms with E-state index >= 15 is 4.79 Å². The molecule has 0 bridgehead atoms. The monoisotopic (exact) mass is 863 g/mol. The van der Waals surface area contributed by atoms with Crippen molar-refractivity contribution in [3.63, 3.8) is 0 Å². The average molecular weight is 864 g/mol. The second-order valence-corrected chi connectivity index (χ2v) is 20.8. The molecule has 4 aliphatic heterocycles. The van der Waals surface area contributed by atoms with Crippen molar-refractivity contribution in [2.45, 2.75) is 127 Å². The smallest absolute Gasteiger partial charge is 0.408 e. The summed E-state index contributed by atoms with van der Waals surface area (Å²) in [7, 11) is 0. The third-order valence-electron chi connectivity index (χ3n) is 15.9. The predicted molar refractivity (Wildman–Crippen MR) is 228 cm³/mol. The second-order valence-electron chi connectivity index (χ2n) is 20.8. The lowest BCUT2D eigenvalue weighted by Gasteiger charge is -2.54. The highest BCUT2D eigenvalue weighted by atomic mass is 16.4. The van der Waals surface area contributed by atoms with Crippen LogP contribution >= 0.6 is 0 Å². The Morgan fingerprint density at radius 2 is 1.29 bits per heavy atom. The van der Waals surface area contributed by atoms with E-state index in [-0.39, 0.29) is 43.3 Å². The first-order chi connectivity index (χ1) is 29.6. The van der Waals surface area contributed by atoms with E-state index in [0.717, 1.165) is 6.42 Å². The number of rotatable bonds is 8. The average Bonchev–Trinajstić information content (AvgIpc) is 3.70. The van der Waals surface area contributed by atoms with Gasteiger partial charge in [-0.05, 0) is 97.3 Å². The van der Waals surface area contributed by atoms with Crippen LogP contribution in [0.2, 0.25) is 0 Å². The number of oxazole rings is 1. The van der Waals surface area contributed by atoms with Crippen LogP contribution in [0.4, 0.5) is 9.59 Å². The Hall–Kier alpha value is -5.93. The van der Waals surface area contributed by atoms with Crippen LogP contribution in [0.1, 0.15) is 104 Å². The number of likely N-dealkylation sites (tertiary alicyclic amines) is 4. The molecule has 6 aliphatic rings. The molecule has 2 aliphatic carbocycles. The first kappa shape index (κ1) is 42.4. The number of hydrogen-bond acceptors (Lipinski definition) is 8. The van der Waals surface area contributed by atoms with Crippen molar-refractivity contribution in [2.75, 3.05) is 13.1 Å². The van der Waals surface area contributed by atoms with Gasteiger partial charge in [0.1, 0.15) is 22.7 Å². The molecule has 5 heterocycles. The molecule has 6 amide bonds. The zero-order valence-corrected chi connectivity index (χ0v) is 36.7. The SMILES string of the molecule is CC(C)(C)[C@]1(C(=O)N2CCC[C@@]2(C(N)=O)c2ccc(-c3ncc(-c4ccc([C@]5(C(N)=O)CCCN5C(=O)[C@@H]5C[C@@H]6C[C@@H]6N5C(=O)O)cc4)o3)cc2)C[C@@H]2C[C@]2(C(C)(C)C)N1C(=O)O. The molecule has 2 saturated carbocycles. The van der Waals surface area contributed by atoms with Crippen LogP contribution < -0.4 is 11.5 Å². The minimum atomic E-state index is -1.52. The fourth-order valence-electron chi connectivity index (χ4n) is 12.7. The van der Waals surface area contributed by atoms with Crippen LogP contribution in [0.15, 0.2) is 59.1 Å². The Bertz CT molecular complexity index is 2440. The van der Waals surface area contributed by atoms with Crippen molar-refractivity contribution in [1.29, 1.82) is 0 Å². The zero-order valence-electron chi connectivity index (χ0n) is 36.7. The van der Waals surface area contributed by atoms with Gasteiger partial charge in [0.25, 0.3) is 0 Å². The van der Waals surface area contributed by atoms with E-state index in [1.165, 1.54) is 14.7 Å². The molecule has 334 valence electrons. The number of aromatic nitrogens is 1. The summed E-state index contributed by atoms with van der Waals surface area (Å²) in [6.07, 6.45) is 3.12. The molecule has 6 fully saturated rings. The number of carboxylic acid groups (broad SMARTS) is 2. The van der Waals surface area contributed by atoms with Gasteiger partial charge in [0.2, 0.25) is 29.5 Å². The van der Waals surface area contributed by atoms with Gasteiger partial charge in [-0.3, -0.25) is 29.0 Å². The second kappa shape index (κ2) is 13.8. The largest absolute Gasteiger partial charge is 0.465 e. The van der Waals surface area contributed by atoms with Crippen LogP contribution in [0.25, 0.3) is 22.8 Å². The Balaban J connectivity index is 0.972. The highest BCUT2D eigenvalue weighted by Crippen LogP contribution is 2.71. The number of primary amides is 2. The minimum Gasteiger partial charge on any atom is -0.465 e. The number of fused-ring (bicyclic) bond motifs is 2. The van der Waals surface area contributed by atoms with E-state index in [2.05, 4.69) is 4.98 Å². The van der Waals surface area contributed by atoms with Gasteiger partial charge in [-0.2, -0.15) is 0 Å². The van der Waals surface area contributed by atoms with E-state index < -0.39 is 74.8 Å². The number of piperidine rings is 2. The van der Waals surface area contributed by atoms with Crippen molar-refractivity contribution in [3.8, 4) is 22.8 Å². The number of carbonyl (C=O) groups excluding carboxylic acids is 4. The lowest BCUT2D eigenvalue weighted by molar-refractivity contribution is -0.162. The quantitative estimate of drug-likeness (QED) is 0.215. The van der Waals surface area contributed by atoms with Crippen molar-refractivity contribution in [1.82, 2.24) is 24.6 Å². The van der Waals surface area contributed by atoms with Crippen LogP contribution in [-0.4, -0.2) is 107 Å². The number of benzene rings is 2. The summed E-state index contributed by atoms with van der Waals surface area (Å²) < 4.78 is 6.22. The molecule has 9 rings (SSSR count). The number of hydrogen-bond donors (Lipinski definition) is 4. The van der Waals surface area contributed by atoms with Crippen LogP contribution in [0, 0.1) is 22.7 Å². The summed E-state index contributed by atoms with van der Waals surface area (Å²) in [5.74, 6) is -1.30. The summed E-state index contributed by atoms with van der Waals surface area (Å²) >= 11 is 0. The Morgan fingerprint density at radius 1 is 0.730 bits per heavy atom. The van der Waals surface area contributed by atoms with Gasteiger partial charge in [0.05, 0.1) is 11.7 Å². The summed E-state index contributed by atoms with van der Waals surface area (Å²) in [4.78, 5) is 92.0. The number of nitrogens with two attached hydrogens (primary N) is 2. The van der Waals surface area contributed by atoms with Crippen molar-refractivity contribution < 1.29 is 43.4 Å². The molecule has 1 aromatic heterocycles. The standard InChI is InChI=1S/C47H57N7O9/c1-42(2,3)46-23-31(46)24-47(43(4,5)6,54(46)41(61)62)39(58)52-20-8-18-45(52,38(49)57)30-15-11-27(12-16-30)35-50-25-34(63-35)26-9-13-29(14-10-26)44(37(48)56)17-7-19-51(44)36(55)33-22-28-21-32(28)53(33)40(59)60/h9-16,25,28,31-33H,7-8,17-24H2,1-6H3,(H2,48,56)(H2,49,57)(H,59,60)(H,61,62)/t28-,31-,32-,33-,44-,45-,46-,47+/m0/s1. The Kier molecular flexibility index (Phi) is 9.27. The van der Waals surface area contributed by atoms with E-state index in [1.807, 2.05) is 41.5 Å². The Labute approximate surface area is 365 Å². The van der Waals surface area contributed by atoms with Crippen molar-refractivity contribution in [3.05, 3.63) is 65.9 Å². The van der Waals surface area contributed by atoms with Gasteiger partial charge in [-0.1, -0.05) is 77.9 Å². The summed E-state index contributed by atoms with van der Waals surface area (Å²) in [6.45, 7) is 12.3. The number of carbonyl (C=O) groups is 6. The molecule has 2 aromatic carbocycles. The van der Waals surface area contributed by atoms with Crippen LogP contribution in [0.3, 0.4) is 0 Å². The normalized spacial score (nSPS) is 32.1. The maximum absolute atomic E-state index is 15.3. The van der Waals surface area contributed by atoms with Gasteiger partial charge >= 0.3 is 12.2 Å². The zero-order chi connectivity index (χ0) is 45.4. The van der Waals surface area contributed by atoms with Gasteiger partial charge in [0.15, 0.2) is 5.76 Å². The molecule has 0 spiro atoms. The summed E-state index contributed by atoms with van der Waals surface area (Å²) in [5.41, 5.74) is 8.29. The molecule has 16 heteroatoms. The van der Waals surface area contributed by atoms with Crippen molar-refractivity contribution >= 4 is 35.8 Å². The lowest BCUT2D eigenvalue weighted by Crippen LogP contribution is -2.71. The fourth-order valence-corrected chi connectivity index (χ4v) is 12.7. The lowest BCUT2D eigenvalue weighted by atomic mass is 9.68. The predicted octanol–water partition coefficient (Wildman–Crippen LogP) is 5.73. The molecular weight excluding hydrogens is 807 g/mol. The molecule has 3 aromatic rings.